The van der Waals surface area contributed by atoms with Gasteiger partial charge in [0, 0.05) is 63.2 Å². The fourth-order valence-electron chi connectivity index (χ4n) is 9.84. The van der Waals surface area contributed by atoms with Gasteiger partial charge in [0.15, 0.2) is 6.61 Å². The zero-order chi connectivity index (χ0) is 45.1. The zero-order valence-corrected chi connectivity index (χ0v) is 38.2. The van der Waals surface area contributed by atoms with Gasteiger partial charge in [0.25, 0.3) is 11.5 Å². The van der Waals surface area contributed by atoms with Crippen LogP contribution in [-0.2, 0) is 33.8 Å². The van der Waals surface area contributed by atoms with Gasteiger partial charge < -0.3 is 29.2 Å². The van der Waals surface area contributed by atoms with Crippen molar-refractivity contribution in [2.45, 2.75) is 96.5 Å². The maximum Gasteiger partial charge on any atom is 0.310 e. The molecule has 2 bridgehead atoms. The number of benzene rings is 4. The average molecular weight is 885 g/mol. The van der Waals surface area contributed by atoms with E-state index in [1.807, 2.05) is 110 Å². The number of esters is 1. The van der Waals surface area contributed by atoms with Crippen molar-refractivity contribution in [3.63, 3.8) is 0 Å². The molecular weight excluding hydrogens is 821 g/mol. The predicted octanol–water partition coefficient (Wildman–Crippen LogP) is 6.87. The molecule has 13 nitrogen and oxygen atoms in total. The van der Waals surface area contributed by atoms with Crippen molar-refractivity contribution in [3.8, 4) is 22.9 Å². The molecule has 0 saturated carbocycles. The summed E-state index contributed by atoms with van der Waals surface area (Å²) in [5, 5.41) is 4.15. The third-order valence-corrected chi connectivity index (χ3v) is 13.1. The highest BCUT2D eigenvalue weighted by Gasteiger charge is 2.39. The Morgan fingerprint density at radius 1 is 0.846 bits per heavy atom. The van der Waals surface area contributed by atoms with Crippen LogP contribution in [0.5, 0.6) is 17.2 Å². The smallest absolute Gasteiger partial charge is 0.310 e. The van der Waals surface area contributed by atoms with E-state index in [1.165, 1.54) is 24.8 Å². The molecule has 3 saturated heterocycles. The van der Waals surface area contributed by atoms with Gasteiger partial charge in [-0.05, 0) is 101 Å². The van der Waals surface area contributed by atoms with Crippen LogP contribution < -0.4 is 25.1 Å². The third-order valence-electron chi connectivity index (χ3n) is 13.1. The predicted molar refractivity (Wildman–Crippen MR) is 252 cm³/mol. The average Bonchev–Trinajstić information content (AvgIpc) is 3.30. The Morgan fingerprint density at radius 3 is 2.37 bits per heavy atom. The van der Waals surface area contributed by atoms with Crippen molar-refractivity contribution in [1.29, 1.82) is 0 Å². The number of fused-ring (bicyclic) bond motifs is 3. The molecule has 8 rings (SSSR count). The molecule has 2 atom stereocenters. The van der Waals surface area contributed by atoms with E-state index in [0.29, 0.717) is 85.3 Å². The lowest BCUT2D eigenvalue weighted by Gasteiger charge is -2.48. The van der Waals surface area contributed by atoms with Crippen LogP contribution in [0.4, 0.5) is 0 Å². The minimum atomic E-state index is -0.167. The number of nitrogens with zero attached hydrogens (tertiary/aromatic N) is 5. The largest absolute Gasteiger partial charge is 0.496 e. The van der Waals surface area contributed by atoms with Gasteiger partial charge in [-0.3, -0.25) is 28.8 Å². The minimum Gasteiger partial charge on any atom is -0.496 e. The first-order chi connectivity index (χ1) is 31.8. The molecule has 1 aromatic heterocycles. The van der Waals surface area contributed by atoms with Gasteiger partial charge in [0.2, 0.25) is 0 Å². The fourth-order valence-corrected chi connectivity index (χ4v) is 9.84. The number of unbranched alkanes of at least 4 members (excludes halogenated alkanes) is 1. The highest BCUT2D eigenvalue weighted by molar-refractivity contribution is 5.78. The summed E-state index contributed by atoms with van der Waals surface area (Å²) in [6.07, 6.45) is 7.86. The third kappa shape index (κ3) is 11.6. The van der Waals surface area contributed by atoms with Gasteiger partial charge in [-0.1, -0.05) is 60.5 Å². The quantitative estimate of drug-likeness (QED) is 0.0690. The van der Waals surface area contributed by atoms with Gasteiger partial charge in [-0.25, -0.2) is 4.98 Å². The second kappa shape index (κ2) is 21.9. The Balaban J connectivity index is 0.731. The number of ether oxygens (including phenoxy) is 4. The number of piperidine rings is 2. The van der Waals surface area contributed by atoms with E-state index in [1.54, 1.807) is 11.7 Å². The Hall–Kier alpha value is -5.76. The maximum absolute atomic E-state index is 13.9. The number of methoxy groups -OCH3 is 1. The van der Waals surface area contributed by atoms with Gasteiger partial charge in [0.1, 0.15) is 29.2 Å². The molecule has 3 aliphatic heterocycles. The molecule has 2 unspecified atom stereocenters. The number of amides is 1. The van der Waals surface area contributed by atoms with Crippen molar-refractivity contribution in [3.05, 3.63) is 124 Å². The van der Waals surface area contributed by atoms with Crippen LogP contribution >= 0.6 is 0 Å². The minimum absolute atomic E-state index is 0.0160. The lowest BCUT2D eigenvalue weighted by atomic mass is 9.82. The number of hydrogen-bond acceptors (Lipinski definition) is 11. The standard InChI is InChI=1S/C52H64N6O7/c1-4-63-48-17-8-7-16-46(48)58-49(54-45-15-6-5-14-44(45)52(58)61)35-55-26-28-56(29-27-55)50(59)36-64-42-21-19-38(20-22-42)34-53-24-9-10-25-57-40-12-11-13-41(57)33-43(32-40)65-51(60)31-39-30-37(2)18-23-47(39)62-3/h5-8,14-23,30,40-41,43,53H,4,9-13,24-29,31-36H2,1-3H3. The Labute approximate surface area is 382 Å². The molecule has 65 heavy (non-hydrogen) atoms. The molecule has 4 aromatic carbocycles. The highest BCUT2D eigenvalue weighted by Crippen LogP contribution is 2.36. The van der Waals surface area contributed by atoms with Crippen LogP contribution in [0.2, 0.25) is 0 Å². The first kappa shape index (κ1) is 45.8. The van der Waals surface area contributed by atoms with E-state index in [2.05, 4.69) is 15.1 Å². The van der Waals surface area contributed by atoms with Crippen LogP contribution in [-0.4, -0.2) is 114 Å². The summed E-state index contributed by atoms with van der Waals surface area (Å²) in [6, 6.07) is 29.8. The molecule has 4 heterocycles. The lowest BCUT2D eigenvalue weighted by molar-refractivity contribution is -0.154. The molecule has 344 valence electrons. The first-order valence-corrected chi connectivity index (χ1v) is 23.5. The summed E-state index contributed by atoms with van der Waals surface area (Å²) in [6.45, 7) is 10.1. The molecule has 0 radical (unpaired) electrons. The Morgan fingerprint density at radius 2 is 1.60 bits per heavy atom. The van der Waals surface area contributed by atoms with Crippen molar-refractivity contribution in [2.75, 3.05) is 59.6 Å². The molecule has 0 spiro atoms. The highest BCUT2D eigenvalue weighted by atomic mass is 16.5. The van der Waals surface area contributed by atoms with Gasteiger partial charge in [-0.15, -0.1) is 0 Å². The molecule has 3 aliphatic rings. The summed E-state index contributed by atoms with van der Waals surface area (Å²) in [7, 11) is 1.64. The second-order valence-electron chi connectivity index (χ2n) is 17.6. The number of piperazine rings is 1. The Bertz CT molecular complexity index is 2440. The van der Waals surface area contributed by atoms with Crippen molar-refractivity contribution in [2.24, 2.45) is 0 Å². The number of aryl methyl sites for hydroxylation is 1. The first-order valence-electron chi connectivity index (χ1n) is 23.5. The Kier molecular flexibility index (Phi) is 15.5. The number of nitrogens with one attached hydrogen (secondary N) is 1. The maximum atomic E-state index is 13.9. The van der Waals surface area contributed by atoms with E-state index in [4.69, 9.17) is 23.9 Å². The van der Waals surface area contributed by atoms with E-state index < -0.39 is 0 Å². The van der Waals surface area contributed by atoms with Crippen LogP contribution in [0.1, 0.15) is 74.4 Å². The molecule has 0 aliphatic carbocycles. The molecule has 1 N–H and O–H groups in total. The number of rotatable bonds is 19. The number of hydrogen-bond donors (Lipinski definition) is 1. The summed E-state index contributed by atoms with van der Waals surface area (Å²) in [5.41, 5.74) is 4.34. The molecule has 1 amide bonds. The van der Waals surface area contributed by atoms with Crippen LogP contribution in [0.25, 0.3) is 16.6 Å². The molecular formula is C52H64N6O7. The summed E-state index contributed by atoms with van der Waals surface area (Å²) >= 11 is 0. The lowest BCUT2D eigenvalue weighted by Crippen LogP contribution is -2.54. The van der Waals surface area contributed by atoms with Gasteiger partial charge in [-0.2, -0.15) is 0 Å². The molecule has 5 aromatic rings. The van der Waals surface area contributed by atoms with Crippen LogP contribution in [0, 0.1) is 6.92 Å². The van der Waals surface area contributed by atoms with Crippen molar-refractivity contribution >= 4 is 22.8 Å². The van der Waals surface area contributed by atoms with Crippen molar-refractivity contribution in [1.82, 2.24) is 29.6 Å². The number of para-hydroxylation sites is 3. The monoisotopic (exact) mass is 884 g/mol. The second-order valence-corrected chi connectivity index (χ2v) is 17.6. The fraction of sp³-hybridized carbons (Fsp3) is 0.462. The van der Waals surface area contributed by atoms with E-state index in [9.17, 15) is 14.4 Å². The topological polar surface area (TPSA) is 128 Å². The van der Waals surface area contributed by atoms with E-state index >= 15 is 0 Å². The van der Waals surface area contributed by atoms with Crippen molar-refractivity contribution < 1.29 is 28.5 Å². The van der Waals surface area contributed by atoms with Crippen LogP contribution in [0.3, 0.4) is 0 Å². The summed E-state index contributed by atoms with van der Waals surface area (Å²) < 4.78 is 25.1. The normalized spacial score (nSPS) is 18.9. The molecule has 3 fully saturated rings. The summed E-state index contributed by atoms with van der Waals surface area (Å²) in [5.74, 6) is 2.45. The van der Waals surface area contributed by atoms with E-state index in [0.717, 1.165) is 62.2 Å². The number of aromatic nitrogens is 2. The molecule has 13 heteroatoms. The summed E-state index contributed by atoms with van der Waals surface area (Å²) in [4.78, 5) is 51.8. The SMILES string of the molecule is CCOc1ccccc1-n1c(CN2CCN(C(=O)COc3ccc(CNCCCCN4C5CCCC4CC(OC(=O)Cc4cc(C)ccc4OC)C5)cc3)CC2)nc2ccccc2c1=O. The van der Waals surface area contributed by atoms with E-state index in [-0.39, 0.29) is 36.6 Å². The van der Waals surface area contributed by atoms with Gasteiger partial charge in [0.05, 0.1) is 43.3 Å². The number of carbonyl (C=O) groups is 2. The zero-order valence-electron chi connectivity index (χ0n) is 38.2. The van der Waals surface area contributed by atoms with Gasteiger partial charge >= 0.3 is 5.97 Å². The van der Waals surface area contributed by atoms with Crippen LogP contribution in [0.15, 0.2) is 95.8 Å². The number of carbonyl (C=O) groups excluding carboxylic acids is 2.